The number of benzene rings is 1. The predicted octanol–water partition coefficient (Wildman–Crippen LogP) is 4.08. The van der Waals surface area contributed by atoms with E-state index in [1.54, 1.807) is 6.21 Å². The van der Waals surface area contributed by atoms with E-state index in [-0.39, 0.29) is 5.91 Å². The quantitative estimate of drug-likeness (QED) is 0.390. The molecule has 1 aromatic carbocycles. The summed E-state index contributed by atoms with van der Waals surface area (Å²) in [5.41, 5.74) is 3.88. The molecule has 1 N–H and O–H groups in total. The van der Waals surface area contributed by atoms with E-state index in [4.69, 9.17) is 0 Å². The van der Waals surface area contributed by atoms with Crippen LogP contribution in [0.5, 0.6) is 0 Å². The number of nitrogens with one attached hydrogen (secondary N) is 1. The highest BCUT2D eigenvalue weighted by Crippen LogP contribution is 2.04. The molecule has 0 aliphatic carbocycles. The molecule has 1 aromatic rings. The molecule has 0 saturated heterocycles. The minimum Gasteiger partial charge on any atom is -0.273 e. The zero-order chi connectivity index (χ0) is 14.5. The maximum absolute atomic E-state index is 11.5. The van der Waals surface area contributed by atoms with Crippen LogP contribution in [0.2, 0.25) is 0 Å². The first-order valence-electron chi connectivity index (χ1n) is 7.67. The topological polar surface area (TPSA) is 41.5 Å². The molecule has 0 radical (unpaired) electrons. The molecule has 20 heavy (non-hydrogen) atoms. The molecular formula is C17H26N2O. The molecule has 0 spiro atoms. The van der Waals surface area contributed by atoms with Crippen LogP contribution >= 0.6 is 0 Å². The minimum absolute atomic E-state index is 0.0254. The van der Waals surface area contributed by atoms with Crippen molar-refractivity contribution < 1.29 is 4.79 Å². The zero-order valence-corrected chi connectivity index (χ0v) is 12.5. The van der Waals surface area contributed by atoms with Gasteiger partial charge in [0.25, 0.3) is 0 Å². The van der Waals surface area contributed by atoms with Gasteiger partial charge in [0.2, 0.25) is 5.91 Å². The molecule has 3 heteroatoms. The van der Waals surface area contributed by atoms with Gasteiger partial charge in [0.05, 0.1) is 0 Å². The molecule has 0 bridgehead atoms. The summed E-state index contributed by atoms with van der Waals surface area (Å²) in [6, 6.07) is 10.3. The number of carbonyl (C=O) groups excluding carboxylic acids is 1. The number of aryl methyl sites for hydroxylation is 1. The minimum atomic E-state index is 0.0254. The molecule has 1 amide bonds. The normalized spacial score (nSPS) is 10.8. The van der Waals surface area contributed by atoms with E-state index in [0.717, 1.165) is 25.7 Å². The van der Waals surface area contributed by atoms with Gasteiger partial charge >= 0.3 is 0 Å². The molecule has 3 nitrogen and oxygen atoms in total. The van der Waals surface area contributed by atoms with Crippen molar-refractivity contribution >= 4 is 12.1 Å². The van der Waals surface area contributed by atoms with E-state index in [2.05, 4.69) is 29.6 Å². The summed E-state index contributed by atoms with van der Waals surface area (Å²) >= 11 is 0. The van der Waals surface area contributed by atoms with Crippen molar-refractivity contribution in [2.75, 3.05) is 0 Å². The summed E-state index contributed by atoms with van der Waals surface area (Å²) in [6.45, 7) is 2.19. The second kappa shape index (κ2) is 11.2. The van der Waals surface area contributed by atoms with Crippen molar-refractivity contribution in [1.82, 2.24) is 5.43 Å². The second-order valence-corrected chi connectivity index (χ2v) is 5.04. The fourth-order valence-corrected chi connectivity index (χ4v) is 2.00. The Morgan fingerprint density at radius 2 is 1.90 bits per heavy atom. The Labute approximate surface area is 122 Å². The maximum Gasteiger partial charge on any atom is 0.240 e. The molecule has 0 aliphatic rings. The second-order valence-electron chi connectivity index (χ2n) is 5.04. The van der Waals surface area contributed by atoms with Crippen LogP contribution in [0, 0.1) is 0 Å². The number of unbranched alkanes of at least 4 members (excludes halogenated alkanes) is 4. The summed E-state index contributed by atoms with van der Waals surface area (Å²) in [4.78, 5) is 11.5. The van der Waals surface area contributed by atoms with Crippen LogP contribution in [0.15, 0.2) is 35.4 Å². The van der Waals surface area contributed by atoms with Gasteiger partial charge in [0.15, 0.2) is 0 Å². The van der Waals surface area contributed by atoms with Crippen LogP contribution in [0.1, 0.15) is 57.4 Å². The smallest absolute Gasteiger partial charge is 0.240 e. The standard InChI is InChI=1S/C17H26N2O/c1-2-3-4-5-9-14-17(20)19-18-15-10-13-16-11-7-6-8-12-16/h6-8,11-12,15H,2-5,9-10,13-14H2,1H3,(H,19,20)/b18-15-. The van der Waals surface area contributed by atoms with E-state index < -0.39 is 0 Å². The average Bonchev–Trinajstić information content (AvgIpc) is 2.48. The summed E-state index contributed by atoms with van der Waals surface area (Å²) in [5.74, 6) is 0.0254. The van der Waals surface area contributed by atoms with Crippen LogP contribution in [0.4, 0.5) is 0 Å². The maximum atomic E-state index is 11.5. The Morgan fingerprint density at radius 3 is 2.65 bits per heavy atom. The monoisotopic (exact) mass is 274 g/mol. The Bertz CT molecular complexity index is 387. The van der Waals surface area contributed by atoms with Gasteiger partial charge in [0.1, 0.15) is 0 Å². The fraction of sp³-hybridized carbons (Fsp3) is 0.529. The lowest BCUT2D eigenvalue weighted by Crippen LogP contribution is -2.16. The van der Waals surface area contributed by atoms with Gasteiger partial charge in [0, 0.05) is 12.6 Å². The lowest BCUT2D eigenvalue weighted by Gasteiger charge is -2.00. The van der Waals surface area contributed by atoms with Crippen LogP contribution in [0.3, 0.4) is 0 Å². The molecule has 0 fully saturated rings. The summed E-state index contributed by atoms with van der Waals surface area (Å²) in [5, 5.41) is 3.98. The van der Waals surface area contributed by atoms with Crippen LogP contribution < -0.4 is 5.43 Å². The number of carbonyl (C=O) groups is 1. The molecular weight excluding hydrogens is 248 g/mol. The molecule has 0 unspecified atom stereocenters. The Morgan fingerprint density at radius 1 is 1.15 bits per heavy atom. The van der Waals surface area contributed by atoms with Crippen LogP contribution in [-0.4, -0.2) is 12.1 Å². The van der Waals surface area contributed by atoms with E-state index >= 15 is 0 Å². The average molecular weight is 274 g/mol. The third-order valence-corrected chi connectivity index (χ3v) is 3.19. The molecule has 0 aromatic heterocycles. The lowest BCUT2D eigenvalue weighted by molar-refractivity contribution is -0.121. The largest absolute Gasteiger partial charge is 0.273 e. The van der Waals surface area contributed by atoms with Gasteiger partial charge < -0.3 is 0 Å². The third-order valence-electron chi connectivity index (χ3n) is 3.19. The molecule has 110 valence electrons. The number of amides is 1. The van der Waals surface area contributed by atoms with Crippen LogP contribution in [-0.2, 0) is 11.2 Å². The van der Waals surface area contributed by atoms with Gasteiger partial charge in [-0.05, 0) is 24.8 Å². The van der Waals surface area contributed by atoms with E-state index in [9.17, 15) is 4.79 Å². The molecule has 0 aliphatic heterocycles. The van der Waals surface area contributed by atoms with Crippen molar-refractivity contribution in [1.29, 1.82) is 0 Å². The molecule has 1 rings (SSSR count). The third kappa shape index (κ3) is 8.46. The van der Waals surface area contributed by atoms with Crippen molar-refractivity contribution in [3.63, 3.8) is 0 Å². The highest BCUT2D eigenvalue weighted by molar-refractivity contribution is 5.76. The summed E-state index contributed by atoms with van der Waals surface area (Å²) in [7, 11) is 0. The van der Waals surface area contributed by atoms with Gasteiger partial charge in [-0.3, -0.25) is 4.79 Å². The SMILES string of the molecule is CCCCCCCC(=O)N/N=C\CCc1ccccc1. The van der Waals surface area contributed by atoms with Gasteiger partial charge in [-0.2, -0.15) is 5.10 Å². The summed E-state index contributed by atoms with van der Waals surface area (Å²) < 4.78 is 0. The molecule has 0 heterocycles. The van der Waals surface area contributed by atoms with Crippen molar-refractivity contribution in [3.05, 3.63) is 35.9 Å². The first-order chi connectivity index (χ1) is 9.83. The van der Waals surface area contributed by atoms with Crippen molar-refractivity contribution in [2.24, 2.45) is 5.10 Å². The van der Waals surface area contributed by atoms with Crippen molar-refractivity contribution in [3.8, 4) is 0 Å². The van der Waals surface area contributed by atoms with E-state index in [0.29, 0.717) is 6.42 Å². The molecule has 0 saturated carbocycles. The van der Waals surface area contributed by atoms with E-state index in [1.165, 1.54) is 24.8 Å². The lowest BCUT2D eigenvalue weighted by atomic mass is 10.1. The van der Waals surface area contributed by atoms with Crippen LogP contribution in [0.25, 0.3) is 0 Å². The van der Waals surface area contributed by atoms with Gasteiger partial charge in [-0.15, -0.1) is 0 Å². The Kier molecular flexibility index (Phi) is 9.20. The number of rotatable bonds is 10. The van der Waals surface area contributed by atoms with Gasteiger partial charge in [-0.25, -0.2) is 5.43 Å². The predicted molar refractivity (Wildman–Crippen MR) is 84.8 cm³/mol. The Hall–Kier alpha value is -1.64. The fourth-order valence-electron chi connectivity index (χ4n) is 2.00. The number of nitrogens with zero attached hydrogens (tertiary/aromatic N) is 1. The summed E-state index contributed by atoms with van der Waals surface area (Å²) in [6.07, 6.45) is 9.99. The number of hydrogen-bond donors (Lipinski definition) is 1. The zero-order valence-electron chi connectivity index (χ0n) is 12.5. The highest BCUT2D eigenvalue weighted by Gasteiger charge is 1.98. The van der Waals surface area contributed by atoms with E-state index in [1.807, 2.05) is 18.2 Å². The first-order valence-corrected chi connectivity index (χ1v) is 7.67. The number of hydrazone groups is 1. The first kappa shape index (κ1) is 16.4. The molecule has 0 atom stereocenters. The van der Waals surface area contributed by atoms with Gasteiger partial charge in [-0.1, -0.05) is 62.9 Å². The number of hydrogen-bond acceptors (Lipinski definition) is 2. The highest BCUT2D eigenvalue weighted by atomic mass is 16.2. The van der Waals surface area contributed by atoms with Crippen molar-refractivity contribution in [2.45, 2.75) is 58.3 Å². The Balaban J connectivity index is 2.01.